The molecule has 3 aliphatic rings. The van der Waals surface area contributed by atoms with Crippen molar-refractivity contribution in [3.63, 3.8) is 0 Å². The molecule has 1 saturated carbocycles. The van der Waals surface area contributed by atoms with Crippen molar-refractivity contribution in [1.29, 1.82) is 0 Å². The first-order valence-electron chi connectivity index (χ1n) is 15.8. The van der Waals surface area contributed by atoms with Gasteiger partial charge < -0.3 is 14.4 Å². The van der Waals surface area contributed by atoms with Gasteiger partial charge in [0.2, 0.25) is 5.91 Å². The molecule has 0 spiro atoms. The number of rotatable bonds is 8. The third-order valence-electron chi connectivity index (χ3n) is 9.56. The monoisotopic (exact) mass is 636 g/mol. The average molecular weight is 637 g/mol. The van der Waals surface area contributed by atoms with Crippen molar-refractivity contribution in [2.24, 2.45) is 13.0 Å². The van der Waals surface area contributed by atoms with Crippen LogP contribution in [0.5, 0.6) is 5.75 Å². The second-order valence-electron chi connectivity index (χ2n) is 12.3. The van der Waals surface area contributed by atoms with Crippen LogP contribution in [0.2, 0.25) is 0 Å². The number of likely N-dealkylation sites (tertiary alicyclic amines) is 1. The first kappa shape index (κ1) is 31.4. The van der Waals surface area contributed by atoms with Gasteiger partial charge in [-0.25, -0.2) is 14.0 Å². The zero-order chi connectivity index (χ0) is 32.4. The van der Waals surface area contributed by atoms with E-state index < -0.39 is 17.1 Å². The van der Waals surface area contributed by atoms with Crippen molar-refractivity contribution in [3.05, 3.63) is 57.9 Å². The van der Waals surface area contributed by atoms with Gasteiger partial charge in [0.05, 0.1) is 11.5 Å². The number of piperidine rings is 1. The summed E-state index contributed by atoms with van der Waals surface area (Å²) in [6.07, 6.45) is 6.03. The highest BCUT2D eigenvalue weighted by atomic mass is 19.1. The van der Waals surface area contributed by atoms with Crippen LogP contribution in [0.1, 0.15) is 62.8 Å². The molecule has 0 unspecified atom stereocenters. The van der Waals surface area contributed by atoms with E-state index in [0.717, 1.165) is 58.0 Å². The Morgan fingerprint density at radius 2 is 1.76 bits per heavy atom. The van der Waals surface area contributed by atoms with Gasteiger partial charge in [0.15, 0.2) is 11.6 Å². The number of hydrogen-bond acceptors (Lipinski definition) is 9. The van der Waals surface area contributed by atoms with Crippen LogP contribution < -0.4 is 15.0 Å². The van der Waals surface area contributed by atoms with Crippen molar-refractivity contribution >= 4 is 40.5 Å². The molecule has 14 heteroatoms. The van der Waals surface area contributed by atoms with Gasteiger partial charge >= 0.3 is 12.2 Å². The number of anilines is 1. The van der Waals surface area contributed by atoms with Crippen molar-refractivity contribution in [1.82, 2.24) is 20.0 Å². The number of non-ortho nitro benzene ring substituents is 1. The quantitative estimate of drug-likeness (QED) is 0.148. The van der Waals surface area contributed by atoms with E-state index in [4.69, 9.17) is 9.47 Å². The number of benzene rings is 2. The van der Waals surface area contributed by atoms with Gasteiger partial charge in [-0.15, -0.1) is 0 Å². The number of nitro groups is 1. The predicted molar refractivity (Wildman–Crippen MR) is 165 cm³/mol. The molecule has 3 fully saturated rings. The fraction of sp³-hybridized carbons (Fsp3) is 0.500. The highest BCUT2D eigenvalue weighted by Gasteiger charge is 2.33. The number of aromatic nitrogens is 2. The number of carbonyl (C=O) groups is 3. The van der Waals surface area contributed by atoms with Gasteiger partial charge in [0.25, 0.3) is 5.69 Å². The molecule has 2 aliphatic heterocycles. The lowest BCUT2D eigenvalue weighted by Gasteiger charge is -2.41. The van der Waals surface area contributed by atoms with Crippen LogP contribution in [0.4, 0.5) is 25.5 Å². The number of halogens is 1. The Bertz CT molecular complexity index is 1630. The van der Waals surface area contributed by atoms with E-state index in [0.29, 0.717) is 34.2 Å². The van der Waals surface area contributed by atoms with Crippen molar-refractivity contribution in [2.45, 2.75) is 63.3 Å². The summed E-state index contributed by atoms with van der Waals surface area (Å²) < 4.78 is 27.8. The SMILES string of the molecule is Cn1nc(N2CCC(=O)NC2=O)c2ccc(C3CCN(C4CCC(CCOC(=O)Oc5ccc([N+](=O)[O-])cc5)CC4)CC3)c(F)c21. The first-order valence-corrected chi connectivity index (χ1v) is 15.8. The smallest absolute Gasteiger partial charge is 0.434 e. The number of urea groups is 1. The molecule has 0 radical (unpaired) electrons. The fourth-order valence-electron chi connectivity index (χ4n) is 7.05. The number of carbonyl (C=O) groups excluding carboxylic acids is 3. The largest absolute Gasteiger partial charge is 0.513 e. The summed E-state index contributed by atoms with van der Waals surface area (Å²) in [5, 5.41) is 18.0. The lowest BCUT2D eigenvalue weighted by molar-refractivity contribution is -0.384. The average Bonchev–Trinajstić information content (AvgIpc) is 3.38. The zero-order valence-electron chi connectivity index (χ0n) is 25.7. The Labute approximate surface area is 264 Å². The highest BCUT2D eigenvalue weighted by Crippen LogP contribution is 2.38. The van der Waals surface area contributed by atoms with E-state index in [2.05, 4.69) is 15.3 Å². The third-order valence-corrected chi connectivity index (χ3v) is 9.56. The number of nitrogens with zero attached hydrogens (tertiary/aromatic N) is 5. The van der Waals surface area contributed by atoms with Crippen LogP contribution in [-0.4, -0.2) is 70.0 Å². The van der Waals surface area contributed by atoms with Crippen LogP contribution in [0.25, 0.3) is 10.9 Å². The highest BCUT2D eigenvalue weighted by molar-refractivity contribution is 6.08. The summed E-state index contributed by atoms with van der Waals surface area (Å²) in [5.41, 5.74) is 0.955. The summed E-state index contributed by atoms with van der Waals surface area (Å²) in [4.78, 5) is 50.1. The van der Waals surface area contributed by atoms with Gasteiger partial charge in [-0.3, -0.25) is 29.8 Å². The molecule has 6 rings (SSSR count). The minimum absolute atomic E-state index is 0.0840. The van der Waals surface area contributed by atoms with E-state index in [1.54, 1.807) is 7.05 Å². The van der Waals surface area contributed by atoms with Crippen molar-refractivity contribution < 1.29 is 33.2 Å². The standard InChI is InChI=1S/C32H37FN6O7/c1-36-29-26(30(35-36)38-18-14-27(40)34-31(38)41)11-10-25(28(29)33)21-12-16-37(17-13-21)22-4-2-20(3-5-22)15-19-45-32(42)46-24-8-6-23(7-9-24)39(43)44/h6-11,20-22H,2-5,12-19H2,1H3,(H,34,40,41). The molecule has 46 heavy (non-hydrogen) atoms. The normalized spacial score (nSPS) is 21.3. The first-order chi connectivity index (χ1) is 22.2. The summed E-state index contributed by atoms with van der Waals surface area (Å²) in [5.74, 6) is 0.466. The van der Waals surface area contributed by atoms with Gasteiger partial charge in [0.1, 0.15) is 11.3 Å². The van der Waals surface area contributed by atoms with Crippen molar-refractivity contribution in [2.75, 3.05) is 31.1 Å². The molecular formula is C32H37FN6O7. The Balaban J connectivity index is 0.957. The molecule has 2 aromatic carbocycles. The second-order valence-corrected chi connectivity index (χ2v) is 12.3. The van der Waals surface area contributed by atoms with Gasteiger partial charge in [0, 0.05) is 43.6 Å². The van der Waals surface area contributed by atoms with Gasteiger partial charge in [-0.2, -0.15) is 5.10 Å². The molecule has 3 aromatic rings. The van der Waals surface area contributed by atoms with E-state index in [-0.39, 0.29) is 48.7 Å². The number of ether oxygens (including phenoxy) is 2. The molecule has 0 bridgehead atoms. The summed E-state index contributed by atoms with van der Waals surface area (Å²) in [6.45, 7) is 2.25. The minimum atomic E-state index is -0.822. The molecule has 1 aromatic heterocycles. The zero-order valence-corrected chi connectivity index (χ0v) is 25.7. The van der Waals surface area contributed by atoms with Gasteiger partial charge in [-0.05, 0) is 93.6 Å². The molecular weight excluding hydrogens is 599 g/mol. The topological polar surface area (TPSA) is 149 Å². The maximum absolute atomic E-state index is 15.9. The maximum Gasteiger partial charge on any atom is 0.513 e. The van der Waals surface area contributed by atoms with E-state index in [1.807, 2.05) is 12.1 Å². The molecule has 3 heterocycles. The molecule has 244 valence electrons. The van der Waals surface area contributed by atoms with Crippen LogP contribution in [-0.2, 0) is 16.6 Å². The third kappa shape index (κ3) is 6.66. The Hall–Kier alpha value is -4.59. The van der Waals surface area contributed by atoms with Crippen molar-refractivity contribution in [3.8, 4) is 5.75 Å². The van der Waals surface area contributed by atoms with Crippen LogP contribution >= 0.6 is 0 Å². The molecule has 2 saturated heterocycles. The van der Waals surface area contributed by atoms with Crippen LogP contribution in [0.15, 0.2) is 36.4 Å². The van der Waals surface area contributed by atoms with E-state index in [1.165, 1.54) is 33.8 Å². The number of imide groups is 1. The number of nitro benzene ring substituents is 1. The van der Waals surface area contributed by atoms with E-state index in [9.17, 15) is 24.5 Å². The number of hydrogen-bond donors (Lipinski definition) is 1. The lowest BCUT2D eigenvalue weighted by Crippen LogP contribution is -2.49. The predicted octanol–water partition coefficient (Wildman–Crippen LogP) is 5.41. The summed E-state index contributed by atoms with van der Waals surface area (Å²) in [7, 11) is 1.67. The Morgan fingerprint density at radius 3 is 2.43 bits per heavy atom. The Morgan fingerprint density at radius 1 is 1.04 bits per heavy atom. The number of nitrogens with one attached hydrogen (secondary N) is 1. The number of amides is 3. The molecule has 13 nitrogen and oxygen atoms in total. The molecule has 1 aliphatic carbocycles. The maximum atomic E-state index is 15.9. The van der Waals surface area contributed by atoms with Crippen LogP contribution in [0, 0.1) is 21.8 Å². The molecule has 3 amide bonds. The Kier molecular flexibility index (Phi) is 9.15. The second kappa shape index (κ2) is 13.4. The van der Waals surface area contributed by atoms with E-state index >= 15 is 4.39 Å². The summed E-state index contributed by atoms with van der Waals surface area (Å²) >= 11 is 0. The molecule has 1 N–H and O–H groups in total. The minimum Gasteiger partial charge on any atom is -0.434 e. The van der Waals surface area contributed by atoms with Crippen LogP contribution in [0.3, 0.4) is 0 Å². The molecule has 0 atom stereocenters. The fourth-order valence-corrected chi connectivity index (χ4v) is 7.05. The number of fused-ring (bicyclic) bond motifs is 1. The summed E-state index contributed by atoms with van der Waals surface area (Å²) in [6, 6.07) is 8.86. The lowest BCUT2D eigenvalue weighted by atomic mass is 9.82. The number of aryl methyl sites for hydroxylation is 1. The van der Waals surface area contributed by atoms with Gasteiger partial charge in [-0.1, -0.05) is 6.07 Å².